The number of rotatable bonds is 32. The molecule has 0 aliphatic carbocycles. The van der Waals surface area contributed by atoms with Crippen LogP contribution in [0.1, 0.15) is 111 Å². The normalized spacial score (nSPS) is 19.2. The number of amides is 9. The largest absolute Gasteiger partial charge is 0.481 e. The second-order valence-corrected chi connectivity index (χ2v) is 18.5. The monoisotopic (exact) mass is 1070 g/mol. The summed E-state index contributed by atoms with van der Waals surface area (Å²) in [7, 11) is 0. The van der Waals surface area contributed by atoms with Crippen LogP contribution >= 0.6 is 0 Å². The van der Waals surface area contributed by atoms with E-state index in [1.807, 2.05) is 0 Å². The van der Waals surface area contributed by atoms with Crippen LogP contribution in [0.5, 0.6) is 0 Å². The predicted octanol–water partition coefficient (Wildman–Crippen LogP) is -5.70. The van der Waals surface area contributed by atoms with Crippen LogP contribution < -0.4 is 48.7 Å². The van der Waals surface area contributed by atoms with E-state index in [0.29, 0.717) is 6.42 Å². The standard InChI is InChI=1S/C45H73N11O19/c1-21(47)36(65)54-35(24(4)58)44(73)56-20-8-10-29(56)40(69)51-27(13-16-32(61)62)38(67)49-25(9-5-6-18-46)37(66)50-26(12-15-31(59)60)39(68)52-28(14-17-33(63)64)43(72)55-19-7-11-30(55)41(70)53-34(23(3)57)42(71)48-22(2)45(74)75/h21-30,34-35,57-58H,5-20,46-47H2,1-4H3,(H,48,71)(H,49,67)(H,50,66)(H,51,69)(H,52,68)(H,53,70)(H,54,65)(H,59,60)(H,61,62)(H,63,64)(H,74,75). The summed E-state index contributed by atoms with van der Waals surface area (Å²) in [6, 6.07) is -15.0. The molecule has 0 bridgehead atoms. The molecule has 9 amide bonds. The number of hydrogen-bond donors (Lipinski definition) is 15. The third-order valence-corrected chi connectivity index (χ3v) is 12.3. The third-order valence-electron chi connectivity index (χ3n) is 12.3. The number of aliphatic hydroxyl groups excluding tert-OH is 2. The Kier molecular flexibility index (Phi) is 26.5. The fraction of sp³-hybridized carbons (Fsp3) is 0.711. The van der Waals surface area contributed by atoms with Gasteiger partial charge < -0.3 is 89.1 Å². The molecule has 0 spiro atoms. The van der Waals surface area contributed by atoms with Gasteiger partial charge in [-0.15, -0.1) is 0 Å². The van der Waals surface area contributed by atoms with Crippen molar-refractivity contribution in [3.05, 3.63) is 0 Å². The number of aliphatic carboxylic acids is 4. The van der Waals surface area contributed by atoms with Crippen molar-refractivity contribution >= 4 is 77.0 Å². The average Bonchev–Trinajstić information content (AvgIpc) is 4.04. The van der Waals surface area contributed by atoms with Gasteiger partial charge in [-0.25, -0.2) is 0 Å². The molecule has 2 fully saturated rings. The van der Waals surface area contributed by atoms with Gasteiger partial charge in [0.25, 0.3) is 0 Å². The summed E-state index contributed by atoms with van der Waals surface area (Å²) in [5.74, 6) is -14.6. The summed E-state index contributed by atoms with van der Waals surface area (Å²) in [6.45, 7) is 4.86. The maximum atomic E-state index is 14.1. The van der Waals surface area contributed by atoms with E-state index in [2.05, 4.69) is 37.2 Å². The van der Waals surface area contributed by atoms with Crippen molar-refractivity contribution in [3.8, 4) is 0 Å². The Bertz CT molecular complexity index is 2090. The van der Waals surface area contributed by atoms with Gasteiger partial charge in [0.05, 0.1) is 18.2 Å². The maximum absolute atomic E-state index is 14.1. The number of likely N-dealkylation sites (tertiary alicyclic amines) is 2. The number of aliphatic hydroxyl groups is 2. The van der Waals surface area contributed by atoms with Gasteiger partial charge in [-0.05, 0) is 98.4 Å². The number of nitrogens with one attached hydrogen (secondary N) is 7. The molecule has 2 saturated heterocycles. The molecule has 422 valence electrons. The number of unbranched alkanes of at least 4 members (excludes halogenated alkanes) is 1. The van der Waals surface area contributed by atoms with Gasteiger partial charge in [0, 0.05) is 32.4 Å². The van der Waals surface area contributed by atoms with Gasteiger partial charge in [-0.3, -0.25) is 62.3 Å². The molecule has 2 heterocycles. The van der Waals surface area contributed by atoms with Crippen LogP contribution in [0.15, 0.2) is 0 Å². The van der Waals surface area contributed by atoms with Crippen molar-refractivity contribution in [2.75, 3.05) is 19.6 Å². The summed E-state index contributed by atoms with van der Waals surface area (Å²) in [4.78, 5) is 171. The Hall–Kier alpha value is -7.05. The number of nitrogens with two attached hydrogens (primary N) is 2. The quantitative estimate of drug-likeness (QED) is 0.0279. The highest BCUT2D eigenvalue weighted by Crippen LogP contribution is 2.22. The van der Waals surface area contributed by atoms with Crippen molar-refractivity contribution in [2.24, 2.45) is 11.5 Å². The highest BCUT2D eigenvalue weighted by molar-refractivity contribution is 5.99. The summed E-state index contributed by atoms with van der Waals surface area (Å²) >= 11 is 0. The minimum Gasteiger partial charge on any atom is -0.481 e. The van der Waals surface area contributed by atoms with E-state index in [1.54, 1.807) is 0 Å². The molecular formula is C45H73N11O19. The van der Waals surface area contributed by atoms with E-state index in [9.17, 15) is 93.0 Å². The molecule has 12 atom stereocenters. The van der Waals surface area contributed by atoms with Crippen molar-refractivity contribution < 1.29 is 93.0 Å². The Morgan fingerprint density at radius 2 is 0.907 bits per heavy atom. The Balaban J connectivity index is 2.43. The first-order valence-electron chi connectivity index (χ1n) is 24.5. The molecule has 0 radical (unpaired) electrons. The van der Waals surface area contributed by atoms with Crippen molar-refractivity contribution in [1.82, 2.24) is 47.0 Å². The molecule has 75 heavy (non-hydrogen) atoms. The summed E-state index contributed by atoms with van der Waals surface area (Å²) in [5.41, 5.74) is 11.3. The zero-order valence-electron chi connectivity index (χ0n) is 42.3. The number of carbonyl (C=O) groups is 13. The molecule has 12 unspecified atom stereocenters. The van der Waals surface area contributed by atoms with Crippen LogP contribution in [0.4, 0.5) is 0 Å². The molecule has 0 aromatic rings. The van der Waals surface area contributed by atoms with E-state index in [4.69, 9.17) is 11.5 Å². The lowest BCUT2D eigenvalue weighted by Crippen LogP contribution is -2.61. The zero-order valence-corrected chi connectivity index (χ0v) is 42.3. The molecule has 2 aliphatic heterocycles. The first-order chi connectivity index (χ1) is 35.1. The molecule has 0 aromatic heterocycles. The number of carboxylic acids is 4. The van der Waals surface area contributed by atoms with Gasteiger partial charge in [0.1, 0.15) is 54.4 Å². The van der Waals surface area contributed by atoms with Gasteiger partial charge >= 0.3 is 23.9 Å². The third kappa shape index (κ3) is 20.6. The molecule has 2 aliphatic rings. The van der Waals surface area contributed by atoms with E-state index >= 15 is 0 Å². The SMILES string of the molecule is CC(N)C(=O)NC(C(=O)N1CCCC1C(=O)NC(CCC(=O)O)C(=O)NC(CCCCN)C(=O)NC(CCC(=O)O)C(=O)NC(CCC(=O)O)C(=O)N1CCCC1C(=O)NC(C(=O)NC(C)C(=O)O)C(C)O)C(C)O. The second-order valence-electron chi connectivity index (χ2n) is 18.5. The Morgan fingerprint density at radius 1 is 0.493 bits per heavy atom. The molecule has 0 aromatic carbocycles. The zero-order chi connectivity index (χ0) is 56.9. The Labute approximate surface area is 431 Å². The van der Waals surface area contributed by atoms with E-state index in [0.717, 1.165) is 23.6 Å². The lowest BCUT2D eigenvalue weighted by atomic mass is 10.0. The summed E-state index contributed by atoms with van der Waals surface area (Å²) in [5, 5.41) is 74.8. The van der Waals surface area contributed by atoms with E-state index in [1.165, 1.54) is 13.8 Å². The maximum Gasteiger partial charge on any atom is 0.325 e. The lowest BCUT2D eigenvalue weighted by Gasteiger charge is -2.31. The molecule has 30 heteroatoms. The smallest absolute Gasteiger partial charge is 0.325 e. The number of carbonyl (C=O) groups excluding carboxylic acids is 9. The van der Waals surface area contributed by atoms with Gasteiger partial charge in [0.15, 0.2) is 0 Å². The number of carboxylic acid groups (broad SMARTS) is 4. The van der Waals surface area contributed by atoms with Crippen molar-refractivity contribution in [3.63, 3.8) is 0 Å². The predicted molar refractivity (Wildman–Crippen MR) is 257 cm³/mol. The summed E-state index contributed by atoms with van der Waals surface area (Å²) in [6.07, 6.45) is -6.11. The highest BCUT2D eigenvalue weighted by Gasteiger charge is 2.43. The number of nitrogens with zero attached hydrogens (tertiary/aromatic N) is 2. The lowest BCUT2D eigenvalue weighted by molar-refractivity contribution is -0.145. The number of hydrogen-bond acceptors (Lipinski definition) is 17. The Morgan fingerprint density at radius 3 is 1.33 bits per heavy atom. The molecule has 2 rings (SSSR count). The fourth-order valence-electron chi connectivity index (χ4n) is 8.12. The summed E-state index contributed by atoms with van der Waals surface area (Å²) < 4.78 is 0. The van der Waals surface area contributed by atoms with Crippen LogP contribution in [-0.4, -0.2) is 210 Å². The van der Waals surface area contributed by atoms with Crippen LogP contribution in [0.2, 0.25) is 0 Å². The fourth-order valence-corrected chi connectivity index (χ4v) is 8.12. The van der Waals surface area contributed by atoms with Crippen LogP contribution in [0.25, 0.3) is 0 Å². The second kappa shape index (κ2) is 31.0. The van der Waals surface area contributed by atoms with Crippen LogP contribution in [0, 0.1) is 0 Å². The average molecular weight is 1070 g/mol. The molecule has 17 N–H and O–H groups in total. The van der Waals surface area contributed by atoms with E-state index < -0.39 is 188 Å². The van der Waals surface area contributed by atoms with Crippen LogP contribution in [0.3, 0.4) is 0 Å². The van der Waals surface area contributed by atoms with Gasteiger partial charge in [-0.1, -0.05) is 0 Å². The topological polar surface area (TPSA) is 486 Å². The van der Waals surface area contributed by atoms with Crippen LogP contribution in [-0.2, 0) is 62.3 Å². The first kappa shape index (κ1) is 64.1. The van der Waals surface area contributed by atoms with Crippen molar-refractivity contribution in [1.29, 1.82) is 0 Å². The van der Waals surface area contributed by atoms with E-state index in [-0.39, 0.29) is 58.2 Å². The van der Waals surface area contributed by atoms with Gasteiger partial charge in [-0.2, -0.15) is 0 Å². The highest BCUT2D eigenvalue weighted by atomic mass is 16.4. The minimum atomic E-state index is -1.80. The molecular weight excluding hydrogens is 999 g/mol. The van der Waals surface area contributed by atoms with Crippen molar-refractivity contribution in [2.45, 2.75) is 184 Å². The minimum absolute atomic E-state index is 0.00461. The molecule has 0 saturated carbocycles. The molecule has 30 nitrogen and oxygen atoms in total. The van der Waals surface area contributed by atoms with Gasteiger partial charge in [0.2, 0.25) is 53.2 Å². The first-order valence-corrected chi connectivity index (χ1v) is 24.5.